The van der Waals surface area contributed by atoms with Crippen molar-refractivity contribution >= 4 is 51.6 Å². The van der Waals surface area contributed by atoms with Gasteiger partial charge in [0.1, 0.15) is 24.0 Å². The second kappa shape index (κ2) is 10.7. The molecule has 0 saturated heterocycles. The van der Waals surface area contributed by atoms with Gasteiger partial charge >= 0.3 is 0 Å². The Hall–Kier alpha value is -3.78. The lowest BCUT2D eigenvalue weighted by Gasteiger charge is -2.13. The zero-order valence-corrected chi connectivity index (χ0v) is 20.7. The van der Waals surface area contributed by atoms with Crippen LogP contribution in [0.15, 0.2) is 78.4 Å². The second-order valence-corrected chi connectivity index (χ2v) is 8.99. The molecule has 0 spiro atoms. The van der Waals surface area contributed by atoms with Gasteiger partial charge in [-0.15, -0.1) is 0 Å². The molecule has 0 fully saturated rings. The minimum Gasteiger partial charge on any atom is -0.488 e. The number of anilines is 1. The summed E-state index contributed by atoms with van der Waals surface area (Å²) in [6.45, 7) is 4.14. The van der Waals surface area contributed by atoms with E-state index in [2.05, 4.69) is 5.32 Å². The lowest BCUT2D eigenvalue weighted by Crippen LogP contribution is -2.14. The molecule has 0 heterocycles. The Morgan fingerprint density at radius 2 is 1.80 bits per heavy atom. The highest BCUT2D eigenvalue weighted by molar-refractivity contribution is 6.42. The van der Waals surface area contributed by atoms with Crippen molar-refractivity contribution in [1.82, 2.24) is 0 Å². The molecular formula is C29H22Cl2N2O2. The summed E-state index contributed by atoms with van der Waals surface area (Å²) >= 11 is 12.2. The molecule has 1 amide bonds. The van der Waals surface area contributed by atoms with E-state index in [1.807, 2.05) is 80.6 Å². The van der Waals surface area contributed by atoms with E-state index in [0.29, 0.717) is 27.0 Å². The number of nitriles is 1. The van der Waals surface area contributed by atoms with Crippen LogP contribution in [0, 0.1) is 25.2 Å². The molecule has 4 nitrogen and oxygen atoms in total. The summed E-state index contributed by atoms with van der Waals surface area (Å²) in [6.07, 6.45) is 1.57. The molecule has 0 bridgehead atoms. The standard InChI is InChI=1S/C29H22Cl2N2O2/c1-18-7-11-27(19(2)13-18)33-29(34)22(16-32)15-24-23-6-4-3-5-21(23)9-12-28(24)35-17-20-8-10-25(30)26(31)14-20/h3-15H,17H2,1-2H3,(H,33,34)/b22-15+. The van der Waals surface area contributed by atoms with Crippen molar-refractivity contribution in [2.75, 3.05) is 5.32 Å². The van der Waals surface area contributed by atoms with E-state index in [1.165, 1.54) is 0 Å². The van der Waals surface area contributed by atoms with E-state index in [4.69, 9.17) is 27.9 Å². The third-order valence-corrected chi connectivity index (χ3v) is 6.33. The number of aryl methyl sites for hydroxylation is 2. The maximum absolute atomic E-state index is 13.0. The highest BCUT2D eigenvalue weighted by Gasteiger charge is 2.15. The first-order valence-corrected chi connectivity index (χ1v) is 11.7. The summed E-state index contributed by atoms with van der Waals surface area (Å²) in [4.78, 5) is 13.0. The van der Waals surface area contributed by atoms with Gasteiger partial charge in [0.05, 0.1) is 10.0 Å². The molecule has 4 aromatic carbocycles. The largest absolute Gasteiger partial charge is 0.488 e. The lowest BCUT2D eigenvalue weighted by molar-refractivity contribution is -0.112. The van der Waals surface area contributed by atoms with Crippen LogP contribution in [0.1, 0.15) is 22.3 Å². The number of carbonyl (C=O) groups excluding carboxylic acids is 1. The van der Waals surface area contributed by atoms with Crippen LogP contribution in [-0.2, 0) is 11.4 Å². The molecule has 174 valence electrons. The smallest absolute Gasteiger partial charge is 0.266 e. The van der Waals surface area contributed by atoms with Crippen molar-refractivity contribution in [1.29, 1.82) is 5.26 Å². The second-order valence-electron chi connectivity index (χ2n) is 8.18. The van der Waals surface area contributed by atoms with Crippen molar-refractivity contribution in [2.45, 2.75) is 20.5 Å². The quantitative estimate of drug-likeness (QED) is 0.216. The summed E-state index contributed by atoms with van der Waals surface area (Å²) in [6, 6.07) is 24.6. The molecule has 0 aliphatic carbocycles. The molecule has 0 radical (unpaired) electrons. The third kappa shape index (κ3) is 5.66. The summed E-state index contributed by atoms with van der Waals surface area (Å²) in [5, 5.41) is 15.4. The molecule has 4 rings (SSSR count). The first-order chi connectivity index (χ1) is 16.9. The Morgan fingerprint density at radius 1 is 1.00 bits per heavy atom. The van der Waals surface area contributed by atoms with Crippen molar-refractivity contribution in [3.8, 4) is 11.8 Å². The van der Waals surface area contributed by atoms with E-state index in [9.17, 15) is 10.1 Å². The van der Waals surface area contributed by atoms with E-state index in [0.717, 1.165) is 27.5 Å². The minimum atomic E-state index is -0.483. The number of hydrogen-bond acceptors (Lipinski definition) is 3. The number of amides is 1. The Bertz CT molecular complexity index is 1500. The number of rotatable bonds is 6. The van der Waals surface area contributed by atoms with Gasteiger partial charge in [-0.05, 0) is 66.1 Å². The number of hydrogen-bond donors (Lipinski definition) is 1. The topological polar surface area (TPSA) is 62.1 Å². The first-order valence-electron chi connectivity index (χ1n) is 10.9. The maximum Gasteiger partial charge on any atom is 0.266 e. The number of benzene rings is 4. The highest BCUT2D eigenvalue weighted by atomic mass is 35.5. The Balaban J connectivity index is 1.70. The lowest BCUT2D eigenvalue weighted by atomic mass is 10.0. The molecule has 0 aromatic heterocycles. The predicted molar refractivity (Wildman–Crippen MR) is 143 cm³/mol. The average molecular weight is 501 g/mol. The average Bonchev–Trinajstić information content (AvgIpc) is 2.85. The number of ether oxygens (including phenoxy) is 1. The summed E-state index contributed by atoms with van der Waals surface area (Å²) in [5.74, 6) is 0.0599. The van der Waals surface area contributed by atoms with Gasteiger partial charge in [-0.1, -0.05) is 77.3 Å². The summed E-state index contributed by atoms with van der Waals surface area (Å²) < 4.78 is 6.11. The van der Waals surface area contributed by atoms with Crippen LogP contribution in [0.25, 0.3) is 16.8 Å². The van der Waals surface area contributed by atoms with Crippen LogP contribution in [0.4, 0.5) is 5.69 Å². The molecule has 4 aromatic rings. The maximum atomic E-state index is 13.0. The van der Waals surface area contributed by atoms with Crippen LogP contribution < -0.4 is 10.1 Å². The van der Waals surface area contributed by atoms with E-state index in [-0.39, 0.29) is 12.2 Å². The molecular weight excluding hydrogens is 479 g/mol. The normalized spacial score (nSPS) is 11.2. The van der Waals surface area contributed by atoms with E-state index in [1.54, 1.807) is 18.2 Å². The Labute approximate surface area is 214 Å². The van der Waals surface area contributed by atoms with Crippen molar-refractivity contribution < 1.29 is 9.53 Å². The van der Waals surface area contributed by atoms with Gasteiger partial charge in [-0.25, -0.2) is 0 Å². The molecule has 35 heavy (non-hydrogen) atoms. The van der Waals surface area contributed by atoms with Gasteiger partial charge in [-0.3, -0.25) is 4.79 Å². The van der Waals surface area contributed by atoms with Gasteiger partial charge < -0.3 is 10.1 Å². The number of fused-ring (bicyclic) bond motifs is 1. The molecule has 0 saturated carbocycles. The fourth-order valence-corrected chi connectivity index (χ4v) is 4.10. The Morgan fingerprint density at radius 3 is 2.54 bits per heavy atom. The zero-order valence-electron chi connectivity index (χ0n) is 19.2. The van der Waals surface area contributed by atoms with Crippen molar-refractivity contribution in [3.63, 3.8) is 0 Å². The summed E-state index contributed by atoms with van der Waals surface area (Å²) in [7, 11) is 0. The fraction of sp³-hybridized carbons (Fsp3) is 0.103. The van der Waals surface area contributed by atoms with Crippen LogP contribution in [-0.4, -0.2) is 5.91 Å². The van der Waals surface area contributed by atoms with Gasteiger partial charge in [-0.2, -0.15) is 5.26 Å². The van der Waals surface area contributed by atoms with Gasteiger partial charge in [0.15, 0.2) is 0 Å². The number of halogens is 2. The molecule has 0 atom stereocenters. The molecule has 0 aliphatic rings. The summed E-state index contributed by atoms with van der Waals surface area (Å²) in [5.41, 5.74) is 4.14. The number of nitrogens with zero attached hydrogens (tertiary/aromatic N) is 1. The number of nitrogens with one attached hydrogen (secondary N) is 1. The Kier molecular flexibility index (Phi) is 7.41. The number of carbonyl (C=O) groups is 1. The minimum absolute atomic E-state index is 0.0271. The SMILES string of the molecule is Cc1ccc(NC(=O)/C(C#N)=C/c2c(OCc3ccc(Cl)c(Cl)c3)ccc3ccccc23)c(C)c1. The molecule has 1 N–H and O–H groups in total. The zero-order chi connectivity index (χ0) is 24.9. The van der Waals surface area contributed by atoms with Crippen molar-refractivity contribution in [2.24, 2.45) is 0 Å². The highest BCUT2D eigenvalue weighted by Crippen LogP contribution is 2.32. The molecule has 0 aliphatic heterocycles. The van der Waals surface area contributed by atoms with Crippen molar-refractivity contribution in [3.05, 3.63) is 111 Å². The predicted octanol–water partition coefficient (Wildman–Crippen LogP) is 7.89. The van der Waals surface area contributed by atoms with Gasteiger partial charge in [0, 0.05) is 11.3 Å². The van der Waals surface area contributed by atoms with Gasteiger partial charge in [0.2, 0.25) is 0 Å². The van der Waals surface area contributed by atoms with E-state index >= 15 is 0 Å². The van der Waals surface area contributed by atoms with Crippen LogP contribution in [0.5, 0.6) is 5.75 Å². The van der Waals surface area contributed by atoms with E-state index < -0.39 is 5.91 Å². The van der Waals surface area contributed by atoms with Crippen LogP contribution in [0.2, 0.25) is 10.0 Å². The van der Waals surface area contributed by atoms with Crippen LogP contribution in [0.3, 0.4) is 0 Å². The van der Waals surface area contributed by atoms with Gasteiger partial charge in [0.25, 0.3) is 5.91 Å². The monoisotopic (exact) mass is 500 g/mol. The first kappa shape index (κ1) is 24.3. The molecule has 6 heteroatoms. The fourth-order valence-electron chi connectivity index (χ4n) is 3.78. The third-order valence-electron chi connectivity index (χ3n) is 5.59. The molecule has 0 unspecified atom stereocenters. The van der Waals surface area contributed by atoms with Crippen LogP contribution >= 0.6 is 23.2 Å².